The van der Waals surface area contributed by atoms with Crippen molar-refractivity contribution in [3.63, 3.8) is 0 Å². The van der Waals surface area contributed by atoms with Gasteiger partial charge in [0.25, 0.3) is 5.91 Å². The molecule has 2 aromatic heterocycles. The van der Waals surface area contributed by atoms with E-state index in [1.165, 1.54) is 0 Å². The number of likely N-dealkylation sites (tertiary alicyclic amines) is 1. The number of thiophene rings is 1. The fourth-order valence-electron chi connectivity index (χ4n) is 3.53. The van der Waals surface area contributed by atoms with Crippen LogP contribution >= 0.6 is 11.3 Å². The summed E-state index contributed by atoms with van der Waals surface area (Å²) in [7, 11) is 1.97. The smallest absolute Gasteiger partial charge is 0.264 e. The molecule has 1 aliphatic heterocycles. The van der Waals surface area contributed by atoms with Crippen molar-refractivity contribution in [3.05, 3.63) is 47.0 Å². The number of fused-ring (bicyclic) bond motifs is 1. The topological polar surface area (TPSA) is 50.2 Å². The van der Waals surface area contributed by atoms with Crippen molar-refractivity contribution in [1.29, 1.82) is 0 Å². The van der Waals surface area contributed by atoms with Crippen LogP contribution in [0.5, 0.6) is 0 Å². The summed E-state index contributed by atoms with van der Waals surface area (Å²) < 4.78 is 1.94. The van der Waals surface area contributed by atoms with E-state index in [1.807, 2.05) is 60.0 Å². The molecule has 1 N–H and O–H groups in total. The number of carbonyl (C=O) groups is 1. The number of para-hydroxylation sites is 1. The summed E-state index contributed by atoms with van der Waals surface area (Å²) in [6, 6.07) is 12.1. The SMILES string of the molecule is CNCC1CCN(C(=O)c2cc3c(C)nn(-c4ccccc4)c3s2)C1. The summed E-state index contributed by atoms with van der Waals surface area (Å²) in [6.07, 6.45) is 1.08. The molecule has 1 atom stereocenters. The third kappa shape index (κ3) is 2.96. The van der Waals surface area contributed by atoms with Crippen LogP contribution in [0.1, 0.15) is 21.8 Å². The summed E-state index contributed by atoms with van der Waals surface area (Å²) >= 11 is 1.54. The van der Waals surface area contributed by atoms with Gasteiger partial charge in [-0.2, -0.15) is 5.10 Å². The zero-order valence-electron chi connectivity index (χ0n) is 14.5. The molecule has 6 heteroatoms. The molecule has 0 spiro atoms. The number of rotatable bonds is 4. The Morgan fingerprint density at radius 3 is 2.92 bits per heavy atom. The van der Waals surface area contributed by atoms with Crippen LogP contribution in [0.3, 0.4) is 0 Å². The minimum Gasteiger partial charge on any atom is -0.338 e. The van der Waals surface area contributed by atoms with Crippen LogP contribution in [0.2, 0.25) is 0 Å². The minimum atomic E-state index is 0.152. The molecule has 1 aromatic carbocycles. The molecule has 3 aromatic rings. The number of hydrogen-bond donors (Lipinski definition) is 1. The Morgan fingerprint density at radius 2 is 2.16 bits per heavy atom. The number of benzene rings is 1. The van der Waals surface area contributed by atoms with Gasteiger partial charge in [-0.25, -0.2) is 4.68 Å². The number of nitrogens with zero attached hydrogens (tertiary/aromatic N) is 3. The highest BCUT2D eigenvalue weighted by molar-refractivity contribution is 7.20. The first kappa shape index (κ1) is 16.3. The molecule has 1 amide bonds. The van der Waals surface area contributed by atoms with Crippen molar-refractivity contribution in [1.82, 2.24) is 20.0 Å². The molecule has 0 radical (unpaired) electrons. The summed E-state index contributed by atoms with van der Waals surface area (Å²) in [5, 5.41) is 8.93. The lowest BCUT2D eigenvalue weighted by atomic mass is 10.1. The lowest BCUT2D eigenvalue weighted by molar-refractivity contribution is 0.0792. The van der Waals surface area contributed by atoms with Crippen LogP contribution < -0.4 is 5.32 Å². The van der Waals surface area contributed by atoms with Gasteiger partial charge in [0.15, 0.2) is 0 Å². The standard InChI is InChI=1S/C19H22N4OS/c1-13-16-10-17(18(24)22-9-8-14(12-22)11-20-2)25-19(16)23(21-13)15-6-4-3-5-7-15/h3-7,10,14,20H,8-9,11-12H2,1-2H3. The number of aromatic nitrogens is 2. The van der Waals surface area contributed by atoms with E-state index in [0.717, 1.165) is 52.5 Å². The maximum absolute atomic E-state index is 12.9. The van der Waals surface area contributed by atoms with Gasteiger partial charge in [-0.05, 0) is 51.1 Å². The van der Waals surface area contributed by atoms with Crippen LogP contribution in [0.25, 0.3) is 15.9 Å². The number of nitrogens with one attached hydrogen (secondary N) is 1. The Labute approximate surface area is 151 Å². The first-order chi connectivity index (χ1) is 12.2. The Hall–Kier alpha value is -2.18. The molecular formula is C19H22N4OS. The van der Waals surface area contributed by atoms with Crippen LogP contribution in [0.4, 0.5) is 0 Å². The van der Waals surface area contributed by atoms with Crippen LogP contribution in [0.15, 0.2) is 36.4 Å². The molecule has 0 aliphatic carbocycles. The zero-order chi connectivity index (χ0) is 17.4. The lowest BCUT2D eigenvalue weighted by Crippen LogP contribution is -2.29. The predicted octanol–water partition coefficient (Wildman–Crippen LogP) is 3.08. The Kier molecular flexibility index (Phi) is 4.31. The lowest BCUT2D eigenvalue weighted by Gasteiger charge is -2.15. The van der Waals surface area contributed by atoms with E-state index in [-0.39, 0.29) is 5.91 Å². The van der Waals surface area contributed by atoms with Gasteiger partial charge in [0.2, 0.25) is 0 Å². The van der Waals surface area contributed by atoms with Gasteiger partial charge in [0, 0.05) is 18.5 Å². The number of aryl methyl sites for hydroxylation is 1. The van der Waals surface area contributed by atoms with E-state index in [2.05, 4.69) is 10.4 Å². The van der Waals surface area contributed by atoms with E-state index >= 15 is 0 Å². The normalized spacial score (nSPS) is 17.5. The summed E-state index contributed by atoms with van der Waals surface area (Å²) in [5.41, 5.74) is 1.99. The van der Waals surface area contributed by atoms with Crippen molar-refractivity contribution in [3.8, 4) is 5.69 Å². The summed E-state index contributed by atoms with van der Waals surface area (Å²) in [6.45, 7) is 4.67. The predicted molar refractivity (Wildman–Crippen MR) is 102 cm³/mol. The molecule has 5 nitrogen and oxygen atoms in total. The summed E-state index contributed by atoms with van der Waals surface area (Å²) in [5.74, 6) is 0.712. The van der Waals surface area contributed by atoms with Crippen LogP contribution in [0, 0.1) is 12.8 Å². The Bertz CT molecular complexity index is 899. The average molecular weight is 354 g/mol. The second-order valence-corrected chi connectivity index (χ2v) is 7.66. The molecule has 4 rings (SSSR count). The van der Waals surface area contributed by atoms with Crippen molar-refractivity contribution < 1.29 is 4.79 Å². The number of amides is 1. The van der Waals surface area contributed by atoms with Crippen molar-refractivity contribution >= 4 is 27.5 Å². The highest BCUT2D eigenvalue weighted by atomic mass is 32.1. The molecule has 1 saturated heterocycles. The van der Waals surface area contributed by atoms with Gasteiger partial charge in [-0.15, -0.1) is 11.3 Å². The molecule has 0 saturated carbocycles. The first-order valence-corrected chi connectivity index (χ1v) is 9.47. The van der Waals surface area contributed by atoms with Gasteiger partial charge < -0.3 is 10.2 Å². The molecule has 130 valence electrons. The Balaban J connectivity index is 1.65. The molecule has 1 unspecified atom stereocenters. The fourth-order valence-corrected chi connectivity index (χ4v) is 4.68. The van der Waals surface area contributed by atoms with Gasteiger partial charge in [-0.1, -0.05) is 18.2 Å². The van der Waals surface area contributed by atoms with E-state index in [1.54, 1.807) is 11.3 Å². The molecule has 0 bridgehead atoms. The highest BCUT2D eigenvalue weighted by Crippen LogP contribution is 2.32. The van der Waals surface area contributed by atoms with E-state index in [4.69, 9.17) is 0 Å². The monoisotopic (exact) mass is 354 g/mol. The highest BCUT2D eigenvalue weighted by Gasteiger charge is 2.28. The van der Waals surface area contributed by atoms with E-state index < -0.39 is 0 Å². The summed E-state index contributed by atoms with van der Waals surface area (Å²) in [4.78, 5) is 16.7. The maximum atomic E-state index is 12.9. The van der Waals surface area contributed by atoms with Gasteiger partial charge in [0.1, 0.15) is 4.83 Å². The second kappa shape index (κ2) is 6.61. The largest absolute Gasteiger partial charge is 0.338 e. The fraction of sp³-hybridized carbons (Fsp3) is 0.368. The van der Waals surface area contributed by atoms with Gasteiger partial charge in [-0.3, -0.25) is 4.79 Å². The second-order valence-electron chi connectivity index (χ2n) is 6.63. The first-order valence-electron chi connectivity index (χ1n) is 8.66. The third-order valence-electron chi connectivity index (χ3n) is 4.82. The molecular weight excluding hydrogens is 332 g/mol. The van der Waals surface area contributed by atoms with E-state index in [9.17, 15) is 4.79 Å². The van der Waals surface area contributed by atoms with Crippen LogP contribution in [-0.4, -0.2) is 47.3 Å². The average Bonchev–Trinajstić information content (AvgIpc) is 3.32. The van der Waals surface area contributed by atoms with Gasteiger partial charge >= 0.3 is 0 Å². The number of carbonyl (C=O) groups excluding carboxylic acids is 1. The zero-order valence-corrected chi connectivity index (χ0v) is 15.3. The quantitative estimate of drug-likeness (QED) is 0.783. The van der Waals surface area contributed by atoms with Crippen molar-refractivity contribution in [2.24, 2.45) is 5.92 Å². The molecule has 25 heavy (non-hydrogen) atoms. The minimum absolute atomic E-state index is 0.152. The number of hydrogen-bond acceptors (Lipinski definition) is 4. The molecule has 1 aliphatic rings. The molecule has 3 heterocycles. The van der Waals surface area contributed by atoms with Crippen molar-refractivity contribution in [2.45, 2.75) is 13.3 Å². The molecule has 1 fully saturated rings. The van der Waals surface area contributed by atoms with Crippen molar-refractivity contribution in [2.75, 3.05) is 26.7 Å². The third-order valence-corrected chi connectivity index (χ3v) is 5.92. The van der Waals surface area contributed by atoms with Gasteiger partial charge in [0.05, 0.1) is 16.3 Å². The van der Waals surface area contributed by atoms with Crippen LogP contribution in [-0.2, 0) is 0 Å². The Morgan fingerprint density at radius 1 is 1.36 bits per heavy atom. The maximum Gasteiger partial charge on any atom is 0.264 e. The van der Waals surface area contributed by atoms with E-state index in [0.29, 0.717) is 5.92 Å².